The van der Waals surface area contributed by atoms with Gasteiger partial charge in [0.25, 0.3) is 0 Å². The van der Waals surface area contributed by atoms with Gasteiger partial charge in [-0.1, -0.05) is 6.07 Å². The molecule has 0 saturated carbocycles. The number of rotatable bonds is 3. The van der Waals surface area contributed by atoms with E-state index in [9.17, 15) is 4.79 Å². The van der Waals surface area contributed by atoms with Crippen LogP contribution in [-0.4, -0.2) is 5.78 Å². The molecule has 0 spiro atoms. The third-order valence-electron chi connectivity index (χ3n) is 3.96. The topological polar surface area (TPSA) is 52.3 Å². The number of nitrogens with two attached hydrogens (primary N) is 1. The van der Waals surface area contributed by atoms with Gasteiger partial charge in [-0.3, -0.25) is 4.79 Å². The van der Waals surface area contributed by atoms with Crippen molar-refractivity contribution in [3.05, 3.63) is 53.1 Å². The molecule has 1 aliphatic carbocycles. The van der Waals surface area contributed by atoms with Crippen LogP contribution in [-0.2, 0) is 12.8 Å². The van der Waals surface area contributed by atoms with Crippen molar-refractivity contribution in [3.8, 4) is 11.5 Å². The Morgan fingerprint density at radius 2 is 1.67 bits per heavy atom. The van der Waals surface area contributed by atoms with Gasteiger partial charge in [0.1, 0.15) is 11.5 Å². The van der Waals surface area contributed by atoms with Gasteiger partial charge >= 0.3 is 0 Å². The molecule has 0 amide bonds. The number of hydrogen-bond donors (Lipinski definition) is 1. The lowest BCUT2D eigenvalue weighted by Gasteiger charge is -2.17. The van der Waals surface area contributed by atoms with Crippen LogP contribution in [0.2, 0.25) is 0 Å². The maximum atomic E-state index is 11.5. The highest BCUT2D eigenvalue weighted by Crippen LogP contribution is 2.29. The van der Waals surface area contributed by atoms with Crippen LogP contribution in [0.5, 0.6) is 11.5 Å². The predicted molar refractivity (Wildman–Crippen MR) is 84.0 cm³/mol. The van der Waals surface area contributed by atoms with Gasteiger partial charge in [-0.05, 0) is 74.1 Å². The number of fused-ring (bicyclic) bond motifs is 1. The lowest BCUT2D eigenvalue weighted by atomic mass is 9.92. The van der Waals surface area contributed by atoms with Crippen LogP contribution in [0, 0.1) is 0 Å². The summed E-state index contributed by atoms with van der Waals surface area (Å²) in [5.74, 6) is 1.41. The van der Waals surface area contributed by atoms with Crippen molar-refractivity contribution in [2.24, 2.45) is 0 Å². The Hall–Kier alpha value is -2.29. The fourth-order valence-corrected chi connectivity index (χ4v) is 2.81. The highest BCUT2D eigenvalue weighted by Gasteiger charge is 2.11. The number of aryl methyl sites for hydroxylation is 2. The van der Waals surface area contributed by atoms with Gasteiger partial charge in [-0.15, -0.1) is 0 Å². The average Bonchev–Trinajstić information content (AvgIpc) is 2.49. The van der Waals surface area contributed by atoms with E-state index in [0.717, 1.165) is 18.6 Å². The van der Waals surface area contributed by atoms with E-state index < -0.39 is 0 Å². The van der Waals surface area contributed by atoms with E-state index in [2.05, 4.69) is 12.1 Å². The fourth-order valence-electron chi connectivity index (χ4n) is 2.81. The van der Waals surface area contributed by atoms with Crippen LogP contribution in [0.25, 0.3) is 0 Å². The molecule has 0 saturated heterocycles. The molecule has 3 heteroatoms. The second kappa shape index (κ2) is 5.60. The normalized spacial score (nSPS) is 13.6. The number of hydrogen-bond acceptors (Lipinski definition) is 3. The van der Waals surface area contributed by atoms with E-state index in [1.54, 1.807) is 18.2 Å². The molecule has 0 unspecified atom stereocenters. The quantitative estimate of drug-likeness (QED) is 0.679. The number of carbonyl (C=O) groups is 1. The Labute approximate surface area is 124 Å². The van der Waals surface area contributed by atoms with Gasteiger partial charge in [0, 0.05) is 11.3 Å². The molecule has 2 N–H and O–H groups in total. The Bertz CT molecular complexity index is 692. The number of ether oxygens (including phenoxy) is 1. The van der Waals surface area contributed by atoms with Gasteiger partial charge in [0.15, 0.2) is 5.78 Å². The van der Waals surface area contributed by atoms with Crippen LogP contribution < -0.4 is 10.5 Å². The van der Waals surface area contributed by atoms with Crippen molar-refractivity contribution in [3.63, 3.8) is 0 Å². The van der Waals surface area contributed by atoms with Gasteiger partial charge in [-0.25, -0.2) is 0 Å². The minimum atomic E-state index is -0.0524. The molecule has 0 heterocycles. The van der Waals surface area contributed by atoms with E-state index in [4.69, 9.17) is 10.5 Å². The maximum absolute atomic E-state index is 11.5. The first-order valence-corrected chi connectivity index (χ1v) is 7.33. The van der Waals surface area contributed by atoms with Crippen LogP contribution in [0.15, 0.2) is 36.4 Å². The summed E-state index contributed by atoms with van der Waals surface area (Å²) in [6, 6.07) is 11.5. The summed E-state index contributed by atoms with van der Waals surface area (Å²) in [5.41, 5.74) is 9.59. The Kier molecular flexibility index (Phi) is 3.65. The van der Waals surface area contributed by atoms with Crippen molar-refractivity contribution < 1.29 is 9.53 Å². The number of nitrogen functional groups attached to an aromatic ring is 1. The number of Topliss-reactive ketones (excluding diaryl/α,β-unsaturated/α-hetero) is 1. The molecule has 0 fully saturated rings. The number of benzene rings is 2. The lowest BCUT2D eigenvalue weighted by molar-refractivity contribution is 0.101. The molecule has 2 aromatic carbocycles. The van der Waals surface area contributed by atoms with Crippen LogP contribution in [0.1, 0.15) is 41.3 Å². The standard InChI is InChI=1S/C18H19NO2/c1-12(20)17-11-16(8-9-18(17)19)21-15-7-6-13-4-2-3-5-14(13)10-15/h6-11H,2-5,19H2,1H3. The monoisotopic (exact) mass is 281 g/mol. The molecule has 0 bridgehead atoms. The van der Waals surface area contributed by atoms with E-state index in [0.29, 0.717) is 17.0 Å². The van der Waals surface area contributed by atoms with E-state index in [1.165, 1.54) is 30.9 Å². The minimum absolute atomic E-state index is 0.0524. The molecule has 0 radical (unpaired) electrons. The van der Waals surface area contributed by atoms with Gasteiger partial charge in [0.2, 0.25) is 0 Å². The molecule has 1 aliphatic rings. The summed E-state index contributed by atoms with van der Waals surface area (Å²) in [4.78, 5) is 11.5. The first kappa shape index (κ1) is 13.7. The zero-order chi connectivity index (χ0) is 14.8. The smallest absolute Gasteiger partial charge is 0.162 e. The minimum Gasteiger partial charge on any atom is -0.457 e. The molecular weight excluding hydrogens is 262 g/mol. The van der Waals surface area contributed by atoms with Gasteiger partial charge in [0.05, 0.1) is 0 Å². The number of anilines is 1. The maximum Gasteiger partial charge on any atom is 0.162 e. The van der Waals surface area contributed by atoms with Crippen molar-refractivity contribution in [2.45, 2.75) is 32.6 Å². The zero-order valence-corrected chi connectivity index (χ0v) is 12.2. The molecule has 21 heavy (non-hydrogen) atoms. The Morgan fingerprint density at radius 3 is 2.43 bits per heavy atom. The van der Waals surface area contributed by atoms with Crippen molar-refractivity contribution in [1.29, 1.82) is 0 Å². The number of carbonyl (C=O) groups excluding carboxylic acids is 1. The Morgan fingerprint density at radius 1 is 1.00 bits per heavy atom. The van der Waals surface area contributed by atoms with Crippen LogP contribution in [0.3, 0.4) is 0 Å². The molecule has 3 nitrogen and oxygen atoms in total. The van der Waals surface area contributed by atoms with E-state index >= 15 is 0 Å². The van der Waals surface area contributed by atoms with Crippen molar-refractivity contribution in [1.82, 2.24) is 0 Å². The highest BCUT2D eigenvalue weighted by molar-refractivity contribution is 5.99. The third kappa shape index (κ3) is 2.92. The van der Waals surface area contributed by atoms with Crippen LogP contribution in [0.4, 0.5) is 5.69 Å². The number of ketones is 1. The molecule has 0 atom stereocenters. The third-order valence-corrected chi connectivity index (χ3v) is 3.96. The molecule has 2 aromatic rings. The second-order valence-electron chi connectivity index (χ2n) is 5.54. The molecule has 0 aromatic heterocycles. The fraction of sp³-hybridized carbons (Fsp3) is 0.278. The highest BCUT2D eigenvalue weighted by atomic mass is 16.5. The molecule has 3 rings (SSSR count). The Balaban J connectivity index is 1.86. The summed E-state index contributed by atoms with van der Waals surface area (Å²) in [6.07, 6.45) is 4.79. The van der Waals surface area contributed by atoms with Gasteiger partial charge < -0.3 is 10.5 Å². The summed E-state index contributed by atoms with van der Waals surface area (Å²) >= 11 is 0. The summed E-state index contributed by atoms with van der Waals surface area (Å²) in [5, 5.41) is 0. The van der Waals surface area contributed by atoms with E-state index in [1.807, 2.05) is 6.07 Å². The van der Waals surface area contributed by atoms with Crippen LogP contribution >= 0.6 is 0 Å². The molecule has 108 valence electrons. The SMILES string of the molecule is CC(=O)c1cc(Oc2ccc3c(c2)CCCC3)ccc1N. The zero-order valence-electron chi connectivity index (χ0n) is 12.2. The van der Waals surface area contributed by atoms with Crippen molar-refractivity contribution >= 4 is 11.5 Å². The first-order chi connectivity index (χ1) is 10.1. The second-order valence-corrected chi connectivity index (χ2v) is 5.54. The largest absolute Gasteiger partial charge is 0.457 e. The van der Waals surface area contributed by atoms with Crippen molar-refractivity contribution in [2.75, 3.05) is 5.73 Å². The first-order valence-electron chi connectivity index (χ1n) is 7.33. The summed E-state index contributed by atoms with van der Waals surface area (Å²) in [7, 11) is 0. The summed E-state index contributed by atoms with van der Waals surface area (Å²) in [6.45, 7) is 1.51. The lowest BCUT2D eigenvalue weighted by Crippen LogP contribution is -2.02. The molecular formula is C18H19NO2. The average molecular weight is 281 g/mol. The summed E-state index contributed by atoms with van der Waals surface area (Å²) < 4.78 is 5.88. The predicted octanol–water partition coefficient (Wildman–Crippen LogP) is 4.14. The van der Waals surface area contributed by atoms with Gasteiger partial charge in [-0.2, -0.15) is 0 Å². The molecule has 0 aliphatic heterocycles. The van der Waals surface area contributed by atoms with E-state index in [-0.39, 0.29) is 5.78 Å².